The van der Waals surface area contributed by atoms with E-state index >= 15 is 0 Å². The topological polar surface area (TPSA) is 133 Å². The second kappa shape index (κ2) is 13.1. The Bertz CT molecular complexity index is 1250. The van der Waals surface area contributed by atoms with Crippen LogP contribution < -0.4 is 0 Å². The highest BCUT2D eigenvalue weighted by Crippen LogP contribution is 2.16. The van der Waals surface area contributed by atoms with Crippen LogP contribution in [0.25, 0.3) is 22.8 Å². The zero-order valence-electron chi connectivity index (χ0n) is 20.7. The number of carboxylic acid groups (broad SMARTS) is 2. The van der Waals surface area contributed by atoms with Gasteiger partial charge >= 0.3 is 11.9 Å². The predicted molar refractivity (Wildman–Crippen MR) is 141 cm³/mol. The molecule has 10 nitrogen and oxygen atoms in total. The van der Waals surface area contributed by atoms with E-state index < -0.39 is 11.9 Å². The van der Waals surface area contributed by atoms with Gasteiger partial charge in [0, 0.05) is 38.6 Å². The minimum absolute atomic E-state index is 0.205. The molecular weight excluding hydrogens is 484 g/mol. The van der Waals surface area contributed by atoms with Crippen LogP contribution >= 0.6 is 0 Å². The van der Waals surface area contributed by atoms with Crippen LogP contribution in [0.1, 0.15) is 11.4 Å². The van der Waals surface area contributed by atoms with Gasteiger partial charge in [0.1, 0.15) is 0 Å². The highest BCUT2D eigenvalue weighted by atomic mass is 16.4. The second-order valence-corrected chi connectivity index (χ2v) is 8.67. The van der Waals surface area contributed by atoms with Crippen LogP contribution in [0.2, 0.25) is 0 Å². The Labute approximate surface area is 220 Å². The minimum atomic E-state index is -0.972. The Kier molecular flexibility index (Phi) is 9.17. The number of hydrogen-bond acceptors (Lipinski definition) is 8. The van der Waals surface area contributed by atoms with Crippen molar-refractivity contribution in [3.05, 3.63) is 96.6 Å². The van der Waals surface area contributed by atoms with Gasteiger partial charge in [-0.25, -0.2) is 9.97 Å². The Balaban J connectivity index is 1.46. The van der Waals surface area contributed by atoms with Gasteiger partial charge in [0.2, 0.25) is 0 Å². The van der Waals surface area contributed by atoms with Gasteiger partial charge in [-0.1, -0.05) is 24.3 Å². The fourth-order valence-electron chi connectivity index (χ4n) is 4.00. The number of aromatic nitrogens is 4. The number of carbonyl (C=O) groups is 2. The van der Waals surface area contributed by atoms with Gasteiger partial charge in [-0.05, 0) is 48.5 Å². The lowest BCUT2D eigenvalue weighted by atomic mass is 10.2. The molecule has 0 radical (unpaired) electrons. The quantitative estimate of drug-likeness (QED) is 0.275. The number of rotatable bonds is 13. The van der Waals surface area contributed by atoms with E-state index in [1.165, 1.54) is 0 Å². The second-order valence-electron chi connectivity index (χ2n) is 8.67. The van der Waals surface area contributed by atoms with Crippen LogP contribution in [0.4, 0.5) is 0 Å². The maximum absolute atomic E-state index is 11.6. The van der Waals surface area contributed by atoms with Gasteiger partial charge < -0.3 is 10.2 Å². The molecule has 2 N–H and O–H groups in total. The summed E-state index contributed by atoms with van der Waals surface area (Å²) in [7, 11) is 0. The van der Waals surface area contributed by atoms with E-state index in [1.807, 2.05) is 72.8 Å². The summed E-state index contributed by atoms with van der Waals surface area (Å²) in [6.45, 7) is 0.834. The summed E-state index contributed by atoms with van der Waals surface area (Å²) in [5.74, 6) is -1.94. The third kappa shape index (κ3) is 7.99. The summed E-state index contributed by atoms with van der Waals surface area (Å²) in [6, 6.07) is 22.3. The SMILES string of the molecule is O=C(O)CN(CCN(CC(=O)O)Cc1cccc(-c2ccccn2)n1)Cc1cccc(-c2ccccn2)n1. The van der Waals surface area contributed by atoms with Crippen LogP contribution in [0.3, 0.4) is 0 Å². The molecule has 0 aliphatic carbocycles. The highest BCUT2D eigenvalue weighted by molar-refractivity contribution is 5.69. The van der Waals surface area contributed by atoms with Crippen molar-refractivity contribution in [1.29, 1.82) is 0 Å². The fraction of sp³-hybridized carbons (Fsp3) is 0.214. The summed E-state index contributed by atoms with van der Waals surface area (Å²) in [4.78, 5) is 44.6. The van der Waals surface area contributed by atoms with Crippen LogP contribution in [0.15, 0.2) is 85.2 Å². The molecule has 0 unspecified atom stereocenters. The molecule has 4 aromatic rings. The molecule has 0 bridgehead atoms. The Morgan fingerprint density at radius 2 is 1.00 bits per heavy atom. The Morgan fingerprint density at radius 3 is 1.37 bits per heavy atom. The first-order chi connectivity index (χ1) is 18.5. The third-order valence-electron chi connectivity index (χ3n) is 5.69. The number of carboxylic acids is 2. The molecule has 194 valence electrons. The highest BCUT2D eigenvalue weighted by Gasteiger charge is 2.17. The summed E-state index contributed by atoms with van der Waals surface area (Å²) >= 11 is 0. The van der Waals surface area contributed by atoms with Crippen molar-refractivity contribution in [3.8, 4) is 22.8 Å². The molecule has 0 atom stereocenters. The molecule has 0 saturated heterocycles. The maximum atomic E-state index is 11.6. The van der Waals surface area contributed by atoms with Crippen molar-refractivity contribution < 1.29 is 19.8 Å². The molecule has 0 amide bonds. The van der Waals surface area contributed by atoms with E-state index in [-0.39, 0.29) is 13.1 Å². The smallest absolute Gasteiger partial charge is 0.317 e. The summed E-state index contributed by atoms with van der Waals surface area (Å²) in [6.07, 6.45) is 3.39. The first-order valence-corrected chi connectivity index (χ1v) is 12.1. The van der Waals surface area contributed by atoms with Crippen molar-refractivity contribution in [3.63, 3.8) is 0 Å². The van der Waals surface area contributed by atoms with Crippen LogP contribution in [-0.2, 0) is 22.7 Å². The average Bonchev–Trinajstić information content (AvgIpc) is 2.92. The van der Waals surface area contributed by atoms with Crippen LogP contribution in [0.5, 0.6) is 0 Å². The van der Waals surface area contributed by atoms with Gasteiger partial charge in [0.05, 0.1) is 47.3 Å². The van der Waals surface area contributed by atoms with Crippen molar-refractivity contribution in [2.75, 3.05) is 26.2 Å². The summed E-state index contributed by atoms with van der Waals surface area (Å²) < 4.78 is 0. The molecule has 0 aromatic carbocycles. The number of aliphatic carboxylic acids is 2. The van der Waals surface area contributed by atoms with Gasteiger partial charge in [0.15, 0.2) is 0 Å². The normalized spacial score (nSPS) is 11.1. The van der Waals surface area contributed by atoms with E-state index in [2.05, 4.69) is 19.9 Å². The van der Waals surface area contributed by atoms with Crippen molar-refractivity contribution in [2.45, 2.75) is 13.1 Å². The monoisotopic (exact) mass is 512 g/mol. The molecule has 38 heavy (non-hydrogen) atoms. The zero-order valence-corrected chi connectivity index (χ0v) is 20.7. The van der Waals surface area contributed by atoms with E-state index in [1.54, 1.807) is 22.2 Å². The first kappa shape index (κ1) is 26.5. The van der Waals surface area contributed by atoms with Gasteiger partial charge in [0.25, 0.3) is 0 Å². The third-order valence-corrected chi connectivity index (χ3v) is 5.69. The molecule has 4 heterocycles. The minimum Gasteiger partial charge on any atom is -0.480 e. The van der Waals surface area contributed by atoms with E-state index in [0.717, 1.165) is 11.4 Å². The lowest BCUT2D eigenvalue weighted by molar-refractivity contribution is -0.140. The molecule has 0 aliphatic heterocycles. The van der Waals surface area contributed by atoms with Gasteiger partial charge in [-0.15, -0.1) is 0 Å². The Hall–Kier alpha value is -4.54. The van der Waals surface area contributed by atoms with Crippen molar-refractivity contribution in [1.82, 2.24) is 29.7 Å². The van der Waals surface area contributed by atoms with Crippen LogP contribution in [-0.4, -0.2) is 78.1 Å². The molecule has 0 aliphatic rings. The lowest BCUT2D eigenvalue weighted by Crippen LogP contribution is -2.39. The Morgan fingerprint density at radius 1 is 0.579 bits per heavy atom. The van der Waals surface area contributed by atoms with Crippen LogP contribution in [0, 0.1) is 0 Å². The average molecular weight is 513 g/mol. The van der Waals surface area contributed by atoms with E-state index in [9.17, 15) is 19.8 Å². The molecule has 0 fully saturated rings. The molecule has 4 rings (SSSR count). The maximum Gasteiger partial charge on any atom is 0.317 e. The van der Waals surface area contributed by atoms with Gasteiger partial charge in [-0.3, -0.25) is 29.4 Å². The van der Waals surface area contributed by atoms with E-state index in [0.29, 0.717) is 49.0 Å². The van der Waals surface area contributed by atoms with E-state index in [4.69, 9.17) is 0 Å². The number of hydrogen-bond donors (Lipinski definition) is 2. The molecule has 4 aromatic heterocycles. The predicted octanol–water partition coefficient (Wildman–Crippen LogP) is 3.07. The molecule has 10 heteroatoms. The fourth-order valence-corrected chi connectivity index (χ4v) is 4.00. The molecule has 0 spiro atoms. The summed E-state index contributed by atoms with van der Waals surface area (Å²) in [5, 5.41) is 19.0. The lowest BCUT2D eigenvalue weighted by Gasteiger charge is -2.25. The number of nitrogens with zero attached hydrogens (tertiary/aromatic N) is 6. The molecular formula is C28H28N6O4. The van der Waals surface area contributed by atoms with Crippen molar-refractivity contribution in [2.24, 2.45) is 0 Å². The first-order valence-electron chi connectivity index (χ1n) is 12.1. The summed E-state index contributed by atoms with van der Waals surface area (Å²) in [5.41, 5.74) is 4.25. The number of pyridine rings is 4. The zero-order chi connectivity index (χ0) is 26.7. The van der Waals surface area contributed by atoms with Gasteiger partial charge in [-0.2, -0.15) is 0 Å². The van der Waals surface area contributed by atoms with Crippen molar-refractivity contribution >= 4 is 11.9 Å². The largest absolute Gasteiger partial charge is 0.480 e. The molecule has 0 saturated carbocycles. The standard InChI is InChI=1S/C28H28N6O4/c35-27(36)19-33(17-21-7-5-11-25(31-21)23-9-1-3-13-29-23)15-16-34(20-28(37)38)18-22-8-6-12-26(32-22)24-10-2-4-14-30-24/h1-14H,15-20H2,(H,35,36)(H,37,38).